The van der Waals surface area contributed by atoms with E-state index in [0.29, 0.717) is 30.9 Å². The Hall–Kier alpha value is -1.56. The summed E-state index contributed by atoms with van der Waals surface area (Å²) >= 11 is 6.11. The maximum atomic E-state index is 11.6. The highest BCUT2D eigenvalue weighted by Crippen LogP contribution is 2.36. The SMILES string of the molecule is Cc1cc(=O)oc2c(CN3CCOCC3)c(O)c(Cl)cc12. The predicted octanol–water partition coefficient (Wildman–Crippen LogP) is 2.29. The quantitative estimate of drug-likeness (QED) is 0.862. The molecule has 1 aromatic carbocycles. The smallest absolute Gasteiger partial charge is 0.336 e. The van der Waals surface area contributed by atoms with E-state index in [1.807, 2.05) is 6.92 Å². The van der Waals surface area contributed by atoms with Gasteiger partial charge < -0.3 is 14.3 Å². The lowest BCUT2D eigenvalue weighted by molar-refractivity contribution is 0.0339. The molecule has 3 rings (SSSR count). The topological polar surface area (TPSA) is 62.9 Å². The van der Waals surface area contributed by atoms with E-state index in [2.05, 4.69) is 4.90 Å². The van der Waals surface area contributed by atoms with Crippen molar-refractivity contribution in [2.24, 2.45) is 0 Å². The van der Waals surface area contributed by atoms with Crippen LogP contribution in [0, 0.1) is 6.92 Å². The van der Waals surface area contributed by atoms with Crippen LogP contribution in [0.1, 0.15) is 11.1 Å². The van der Waals surface area contributed by atoms with E-state index in [1.165, 1.54) is 6.07 Å². The minimum absolute atomic E-state index is 0.0237. The standard InChI is InChI=1S/C15H16ClNO4/c1-9-6-13(18)21-15-10(9)7-12(16)14(19)11(15)8-17-2-4-20-5-3-17/h6-7,19H,2-5,8H2,1H3. The average molecular weight is 310 g/mol. The van der Waals surface area contributed by atoms with Crippen molar-refractivity contribution in [3.05, 3.63) is 38.7 Å². The molecule has 1 aromatic heterocycles. The molecule has 5 nitrogen and oxygen atoms in total. The molecule has 1 saturated heterocycles. The van der Waals surface area contributed by atoms with E-state index >= 15 is 0 Å². The number of hydrogen-bond acceptors (Lipinski definition) is 5. The van der Waals surface area contributed by atoms with Crippen LogP contribution in [-0.4, -0.2) is 36.3 Å². The second-order valence-electron chi connectivity index (χ2n) is 5.20. The molecule has 0 spiro atoms. The molecular weight excluding hydrogens is 294 g/mol. The Labute approximate surface area is 126 Å². The summed E-state index contributed by atoms with van der Waals surface area (Å²) < 4.78 is 10.6. The van der Waals surface area contributed by atoms with Gasteiger partial charge in [0, 0.05) is 31.1 Å². The number of rotatable bonds is 2. The van der Waals surface area contributed by atoms with E-state index in [1.54, 1.807) is 6.07 Å². The normalized spacial score (nSPS) is 16.5. The first kappa shape index (κ1) is 14.4. The summed E-state index contributed by atoms with van der Waals surface area (Å²) in [6, 6.07) is 3.06. The van der Waals surface area contributed by atoms with Gasteiger partial charge in [0.25, 0.3) is 0 Å². The zero-order valence-electron chi connectivity index (χ0n) is 11.7. The third-order valence-corrected chi connectivity index (χ3v) is 4.04. The second kappa shape index (κ2) is 5.67. The van der Waals surface area contributed by atoms with Crippen LogP contribution in [0.25, 0.3) is 11.0 Å². The van der Waals surface area contributed by atoms with Crippen LogP contribution in [0.4, 0.5) is 0 Å². The number of morpholine rings is 1. The van der Waals surface area contributed by atoms with E-state index in [-0.39, 0.29) is 10.8 Å². The van der Waals surface area contributed by atoms with Crippen molar-refractivity contribution in [1.82, 2.24) is 4.90 Å². The predicted molar refractivity (Wildman–Crippen MR) is 80.0 cm³/mol. The Bertz CT molecular complexity index is 735. The number of phenolic OH excluding ortho intramolecular Hbond substituents is 1. The Morgan fingerprint density at radius 3 is 2.76 bits per heavy atom. The van der Waals surface area contributed by atoms with Gasteiger partial charge in [0.2, 0.25) is 0 Å². The number of nitrogens with zero attached hydrogens (tertiary/aromatic N) is 1. The number of benzene rings is 1. The Morgan fingerprint density at radius 2 is 2.05 bits per heavy atom. The van der Waals surface area contributed by atoms with Crippen LogP contribution >= 0.6 is 11.6 Å². The molecule has 0 aliphatic carbocycles. The van der Waals surface area contributed by atoms with Gasteiger partial charge in [0.05, 0.1) is 23.8 Å². The summed E-state index contributed by atoms with van der Waals surface area (Å²) in [7, 11) is 0. The average Bonchev–Trinajstić information content (AvgIpc) is 2.46. The fraction of sp³-hybridized carbons (Fsp3) is 0.400. The highest BCUT2D eigenvalue weighted by atomic mass is 35.5. The summed E-state index contributed by atoms with van der Waals surface area (Å²) in [6.45, 7) is 5.14. The lowest BCUT2D eigenvalue weighted by Crippen LogP contribution is -2.35. The molecule has 1 N–H and O–H groups in total. The largest absolute Gasteiger partial charge is 0.506 e. The van der Waals surface area contributed by atoms with Crippen molar-refractivity contribution >= 4 is 22.6 Å². The van der Waals surface area contributed by atoms with E-state index < -0.39 is 5.63 Å². The number of fused-ring (bicyclic) bond motifs is 1. The van der Waals surface area contributed by atoms with Crippen molar-refractivity contribution in [3.63, 3.8) is 0 Å². The van der Waals surface area contributed by atoms with Crippen molar-refractivity contribution in [2.45, 2.75) is 13.5 Å². The minimum Gasteiger partial charge on any atom is -0.506 e. The third-order valence-electron chi connectivity index (χ3n) is 3.75. The van der Waals surface area contributed by atoms with Crippen molar-refractivity contribution in [1.29, 1.82) is 0 Å². The van der Waals surface area contributed by atoms with E-state index in [9.17, 15) is 9.90 Å². The highest BCUT2D eigenvalue weighted by Gasteiger charge is 2.19. The van der Waals surface area contributed by atoms with Gasteiger partial charge >= 0.3 is 5.63 Å². The van der Waals surface area contributed by atoms with Gasteiger partial charge in [0.15, 0.2) is 0 Å². The van der Waals surface area contributed by atoms with Gasteiger partial charge in [-0.25, -0.2) is 4.79 Å². The van der Waals surface area contributed by atoms with Gasteiger partial charge in [-0.2, -0.15) is 0 Å². The molecule has 1 fully saturated rings. The molecular formula is C15H16ClNO4. The second-order valence-corrected chi connectivity index (χ2v) is 5.61. The number of aryl methyl sites for hydroxylation is 1. The van der Waals surface area contributed by atoms with Gasteiger partial charge in [-0.15, -0.1) is 0 Å². The molecule has 0 saturated carbocycles. The molecule has 112 valence electrons. The molecule has 1 aliphatic rings. The number of halogens is 1. The molecule has 0 unspecified atom stereocenters. The van der Waals surface area contributed by atoms with Gasteiger partial charge in [0.1, 0.15) is 11.3 Å². The molecule has 2 heterocycles. The van der Waals surface area contributed by atoms with Crippen molar-refractivity contribution in [3.8, 4) is 5.75 Å². The van der Waals surface area contributed by atoms with Gasteiger partial charge in [-0.1, -0.05) is 11.6 Å². The maximum Gasteiger partial charge on any atom is 0.336 e. The first-order chi connectivity index (χ1) is 10.1. The Morgan fingerprint density at radius 1 is 1.33 bits per heavy atom. The van der Waals surface area contributed by atoms with Gasteiger partial charge in [-0.3, -0.25) is 4.90 Å². The highest BCUT2D eigenvalue weighted by molar-refractivity contribution is 6.33. The molecule has 0 atom stereocenters. The molecule has 1 aliphatic heterocycles. The Kier molecular flexibility index (Phi) is 3.89. The zero-order chi connectivity index (χ0) is 15.0. The van der Waals surface area contributed by atoms with Crippen LogP contribution in [0.5, 0.6) is 5.75 Å². The summed E-state index contributed by atoms with van der Waals surface area (Å²) in [4.78, 5) is 13.8. The fourth-order valence-electron chi connectivity index (χ4n) is 2.60. The van der Waals surface area contributed by atoms with Crippen molar-refractivity contribution < 1.29 is 14.3 Å². The molecule has 0 amide bonds. The monoisotopic (exact) mass is 309 g/mol. The molecule has 2 aromatic rings. The van der Waals surface area contributed by atoms with Crippen LogP contribution in [0.2, 0.25) is 5.02 Å². The maximum absolute atomic E-state index is 11.6. The van der Waals surface area contributed by atoms with Crippen LogP contribution in [-0.2, 0) is 11.3 Å². The summed E-state index contributed by atoms with van der Waals surface area (Å²) in [5.41, 5.74) is 1.32. The summed E-state index contributed by atoms with van der Waals surface area (Å²) in [5.74, 6) is -0.0237. The van der Waals surface area contributed by atoms with E-state index in [0.717, 1.165) is 24.0 Å². The van der Waals surface area contributed by atoms with E-state index in [4.69, 9.17) is 20.8 Å². The Balaban J connectivity index is 2.14. The first-order valence-electron chi connectivity index (χ1n) is 6.81. The number of ether oxygens (including phenoxy) is 1. The first-order valence-corrected chi connectivity index (χ1v) is 7.19. The lowest BCUT2D eigenvalue weighted by Gasteiger charge is -2.27. The third kappa shape index (κ3) is 2.77. The summed E-state index contributed by atoms with van der Waals surface area (Å²) in [6.07, 6.45) is 0. The van der Waals surface area contributed by atoms with Gasteiger partial charge in [-0.05, 0) is 18.6 Å². The lowest BCUT2D eigenvalue weighted by atomic mass is 10.1. The molecule has 6 heteroatoms. The number of phenols is 1. The number of hydrogen-bond donors (Lipinski definition) is 1. The van der Waals surface area contributed by atoms with Crippen LogP contribution in [0.3, 0.4) is 0 Å². The minimum atomic E-state index is -0.426. The number of aromatic hydroxyl groups is 1. The summed E-state index contributed by atoms with van der Waals surface area (Å²) in [5, 5.41) is 11.3. The van der Waals surface area contributed by atoms with Crippen LogP contribution < -0.4 is 5.63 Å². The van der Waals surface area contributed by atoms with Crippen molar-refractivity contribution in [2.75, 3.05) is 26.3 Å². The molecule has 21 heavy (non-hydrogen) atoms. The molecule has 0 radical (unpaired) electrons. The zero-order valence-corrected chi connectivity index (χ0v) is 12.4. The van der Waals surface area contributed by atoms with Crippen LogP contribution in [0.15, 0.2) is 21.3 Å². The molecule has 0 bridgehead atoms. The fourth-order valence-corrected chi connectivity index (χ4v) is 2.82.